The Hall–Kier alpha value is -1.77. The average Bonchev–Trinajstić information content (AvgIpc) is 2.11. The molecule has 68 valence electrons. The van der Waals surface area contributed by atoms with Crippen molar-refractivity contribution in [3.8, 4) is 0 Å². The van der Waals surface area contributed by atoms with E-state index in [9.17, 15) is 4.79 Å². The summed E-state index contributed by atoms with van der Waals surface area (Å²) in [7, 11) is 0. The van der Waals surface area contributed by atoms with Crippen LogP contribution in [0.3, 0.4) is 0 Å². The van der Waals surface area contributed by atoms with Crippen molar-refractivity contribution < 1.29 is 4.79 Å². The summed E-state index contributed by atoms with van der Waals surface area (Å²) in [6, 6.07) is 5.46. The van der Waals surface area contributed by atoms with Gasteiger partial charge in [-0.15, -0.1) is 0 Å². The molecule has 13 heavy (non-hydrogen) atoms. The molecule has 0 atom stereocenters. The van der Waals surface area contributed by atoms with E-state index < -0.39 is 0 Å². The van der Waals surface area contributed by atoms with Crippen molar-refractivity contribution in [1.29, 1.82) is 0 Å². The molecule has 1 amide bonds. The number of carbonyl (C=O) groups excluding carboxylic acids is 1. The number of benzene rings is 1. The minimum absolute atomic E-state index is 0.252. The molecule has 1 aromatic carbocycles. The number of carbonyl (C=O) groups is 1. The van der Waals surface area contributed by atoms with Gasteiger partial charge < -0.3 is 11.1 Å². The van der Waals surface area contributed by atoms with E-state index in [0.29, 0.717) is 11.4 Å². The SMILES string of the molecule is C=CC(=O)Nc1cc(C)ccc1N. The molecule has 0 saturated carbocycles. The smallest absolute Gasteiger partial charge is 0.247 e. The molecule has 0 unspecified atom stereocenters. The van der Waals surface area contributed by atoms with E-state index in [4.69, 9.17) is 5.73 Å². The van der Waals surface area contributed by atoms with Gasteiger partial charge in [-0.25, -0.2) is 0 Å². The summed E-state index contributed by atoms with van der Waals surface area (Å²) in [5, 5.41) is 2.62. The summed E-state index contributed by atoms with van der Waals surface area (Å²) < 4.78 is 0. The van der Waals surface area contributed by atoms with Crippen LogP contribution in [0.5, 0.6) is 0 Å². The Labute approximate surface area is 77.3 Å². The summed E-state index contributed by atoms with van der Waals surface area (Å²) in [4.78, 5) is 11.0. The number of hydrogen-bond acceptors (Lipinski definition) is 2. The number of rotatable bonds is 2. The lowest BCUT2D eigenvalue weighted by Gasteiger charge is -2.06. The van der Waals surface area contributed by atoms with Crippen LogP contribution in [-0.4, -0.2) is 5.91 Å². The van der Waals surface area contributed by atoms with Crippen LogP contribution < -0.4 is 11.1 Å². The van der Waals surface area contributed by atoms with Gasteiger partial charge in [0.2, 0.25) is 5.91 Å². The molecule has 0 heterocycles. The monoisotopic (exact) mass is 176 g/mol. The predicted octanol–water partition coefficient (Wildman–Crippen LogP) is 1.70. The fourth-order valence-corrected chi connectivity index (χ4v) is 0.962. The molecule has 0 aliphatic rings. The second kappa shape index (κ2) is 3.76. The van der Waals surface area contributed by atoms with E-state index in [0.717, 1.165) is 5.56 Å². The van der Waals surface area contributed by atoms with Crippen LogP contribution in [-0.2, 0) is 4.79 Å². The number of amides is 1. The zero-order chi connectivity index (χ0) is 9.84. The zero-order valence-electron chi connectivity index (χ0n) is 7.50. The quantitative estimate of drug-likeness (QED) is 0.532. The molecule has 1 rings (SSSR count). The summed E-state index contributed by atoms with van der Waals surface area (Å²) in [6.07, 6.45) is 1.21. The van der Waals surface area contributed by atoms with E-state index in [1.807, 2.05) is 19.1 Å². The summed E-state index contributed by atoms with van der Waals surface area (Å²) >= 11 is 0. The molecule has 0 bridgehead atoms. The number of anilines is 2. The molecule has 3 N–H and O–H groups in total. The first-order chi connectivity index (χ1) is 6.13. The van der Waals surface area contributed by atoms with E-state index >= 15 is 0 Å². The van der Waals surface area contributed by atoms with E-state index in [1.165, 1.54) is 6.08 Å². The Balaban J connectivity index is 2.93. The lowest BCUT2D eigenvalue weighted by molar-refractivity contribution is -0.111. The second-order valence-corrected chi connectivity index (χ2v) is 2.78. The fourth-order valence-electron chi connectivity index (χ4n) is 0.962. The van der Waals surface area contributed by atoms with Crippen molar-refractivity contribution in [3.63, 3.8) is 0 Å². The first-order valence-electron chi connectivity index (χ1n) is 3.93. The topological polar surface area (TPSA) is 55.1 Å². The highest BCUT2D eigenvalue weighted by molar-refractivity contribution is 6.00. The van der Waals surface area contributed by atoms with Gasteiger partial charge in [-0.2, -0.15) is 0 Å². The summed E-state index contributed by atoms with van der Waals surface area (Å²) in [5.74, 6) is -0.252. The Morgan fingerprint density at radius 3 is 2.92 bits per heavy atom. The molecule has 3 nitrogen and oxygen atoms in total. The molecule has 0 saturated heterocycles. The summed E-state index contributed by atoms with van der Waals surface area (Å²) in [6.45, 7) is 5.29. The standard InChI is InChI=1S/C10H12N2O/c1-3-10(13)12-9-6-7(2)4-5-8(9)11/h3-6H,1,11H2,2H3,(H,12,13). The van der Waals surface area contributed by atoms with Crippen LogP contribution in [0, 0.1) is 6.92 Å². The van der Waals surface area contributed by atoms with Gasteiger partial charge >= 0.3 is 0 Å². The third-order valence-electron chi connectivity index (χ3n) is 1.65. The molecule has 0 fully saturated rings. The van der Waals surface area contributed by atoms with E-state index in [2.05, 4.69) is 11.9 Å². The predicted molar refractivity (Wildman–Crippen MR) is 54.4 cm³/mol. The first kappa shape index (κ1) is 9.32. The minimum atomic E-state index is -0.252. The summed E-state index contributed by atoms with van der Waals surface area (Å²) in [5.41, 5.74) is 7.88. The maximum Gasteiger partial charge on any atom is 0.247 e. The van der Waals surface area contributed by atoms with Gasteiger partial charge in [0.1, 0.15) is 0 Å². The second-order valence-electron chi connectivity index (χ2n) is 2.78. The van der Waals surface area contributed by atoms with Crippen molar-refractivity contribution in [2.75, 3.05) is 11.1 Å². The number of aryl methyl sites for hydroxylation is 1. The molecule has 0 radical (unpaired) electrons. The Bertz CT molecular complexity index is 345. The highest BCUT2D eigenvalue weighted by Crippen LogP contribution is 2.19. The third kappa shape index (κ3) is 2.33. The van der Waals surface area contributed by atoms with Crippen LogP contribution in [0.15, 0.2) is 30.9 Å². The Morgan fingerprint density at radius 1 is 1.62 bits per heavy atom. The number of nitrogens with two attached hydrogens (primary N) is 1. The molecule has 1 aromatic rings. The molecule has 0 aliphatic carbocycles. The zero-order valence-corrected chi connectivity index (χ0v) is 7.50. The third-order valence-corrected chi connectivity index (χ3v) is 1.65. The van der Waals surface area contributed by atoms with Crippen LogP contribution in [0.25, 0.3) is 0 Å². The van der Waals surface area contributed by atoms with Crippen molar-refractivity contribution in [1.82, 2.24) is 0 Å². The van der Waals surface area contributed by atoms with Crippen molar-refractivity contribution >= 4 is 17.3 Å². The number of nitrogens with one attached hydrogen (secondary N) is 1. The van der Waals surface area contributed by atoms with Gasteiger partial charge in [-0.1, -0.05) is 12.6 Å². The van der Waals surface area contributed by atoms with E-state index in [1.54, 1.807) is 6.07 Å². The molecule has 0 spiro atoms. The van der Waals surface area contributed by atoms with Crippen molar-refractivity contribution in [2.24, 2.45) is 0 Å². The van der Waals surface area contributed by atoms with Crippen LogP contribution in [0.1, 0.15) is 5.56 Å². The number of nitrogen functional groups attached to an aromatic ring is 1. The van der Waals surface area contributed by atoms with Gasteiger partial charge in [0.25, 0.3) is 0 Å². The van der Waals surface area contributed by atoms with Gasteiger partial charge in [0.05, 0.1) is 11.4 Å². The lowest BCUT2D eigenvalue weighted by atomic mass is 10.2. The van der Waals surface area contributed by atoms with Crippen LogP contribution >= 0.6 is 0 Å². The van der Waals surface area contributed by atoms with E-state index in [-0.39, 0.29) is 5.91 Å². The largest absolute Gasteiger partial charge is 0.397 e. The van der Waals surface area contributed by atoms with Crippen LogP contribution in [0.4, 0.5) is 11.4 Å². The number of hydrogen-bond donors (Lipinski definition) is 2. The highest BCUT2D eigenvalue weighted by Gasteiger charge is 2.01. The van der Waals surface area contributed by atoms with Crippen molar-refractivity contribution in [2.45, 2.75) is 6.92 Å². The fraction of sp³-hybridized carbons (Fsp3) is 0.100. The maximum atomic E-state index is 11.0. The molecular weight excluding hydrogens is 164 g/mol. The molecule has 0 aromatic heterocycles. The molecule has 3 heteroatoms. The average molecular weight is 176 g/mol. The van der Waals surface area contributed by atoms with Gasteiger partial charge in [0, 0.05) is 0 Å². The Kier molecular flexibility index (Phi) is 2.69. The minimum Gasteiger partial charge on any atom is -0.397 e. The molecule has 0 aliphatic heterocycles. The normalized spacial score (nSPS) is 9.31. The van der Waals surface area contributed by atoms with Gasteiger partial charge in [-0.05, 0) is 30.7 Å². The highest BCUT2D eigenvalue weighted by atomic mass is 16.1. The Morgan fingerprint density at radius 2 is 2.31 bits per heavy atom. The van der Waals surface area contributed by atoms with Crippen LogP contribution in [0.2, 0.25) is 0 Å². The first-order valence-corrected chi connectivity index (χ1v) is 3.93. The lowest BCUT2D eigenvalue weighted by Crippen LogP contribution is -2.09. The van der Waals surface area contributed by atoms with Gasteiger partial charge in [-0.3, -0.25) is 4.79 Å². The van der Waals surface area contributed by atoms with Gasteiger partial charge in [0.15, 0.2) is 0 Å². The maximum absolute atomic E-state index is 11.0. The van der Waals surface area contributed by atoms with Crippen molar-refractivity contribution in [3.05, 3.63) is 36.4 Å². The molecular formula is C10H12N2O.